The summed E-state index contributed by atoms with van der Waals surface area (Å²) in [5, 5.41) is 9.84. The second kappa shape index (κ2) is 10.2. The van der Waals surface area contributed by atoms with Crippen molar-refractivity contribution >= 4 is 0 Å². The summed E-state index contributed by atoms with van der Waals surface area (Å²) in [5.41, 5.74) is 3.99. The first kappa shape index (κ1) is 24.1. The molecule has 0 aliphatic heterocycles. The lowest BCUT2D eigenvalue weighted by Crippen LogP contribution is -2.23. The molecule has 2 aliphatic rings. The molecule has 6 nitrogen and oxygen atoms in total. The Labute approximate surface area is 220 Å². The Bertz CT molecular complexity index is 1240. The number of aromatic nitrogens is 6. The van der Waals surface area contributed by atoms with Crippen molar-refractivity contribution in [3.8, 4) is 11.6 Å². The van der Waals surface area contributed by atoms with Crippen molar-refractivity contribution in [1.29, 1.82) is 0 Å². The molecule has 6 heteroatoms. The van der Waals surface area contributed by atoms with Gasteiger partial charge in [0.1, 0.15) is 0 Å². The second-order valence-electron chi connectivity index (χ2n) is 11.4. The Morgan fingerprint density at radius 3 is 1.46 bits per heavy atom. The largest absolute Gasteiger partial charge is 0.233 e. The minimum atomic E-state index is -0.370. The maximum Gasteiger partial charge on any atom is 0.153 e. The van der Waals surface area contributed by atoms with Crippen LogP contribution in [0.5, 0.6) is 0 Å². The molecule has 4 aromatic rings. The molecule has 4 aromatic heterocycles. The number of rotatable bonds is 6. The minimum Gasteiger partial charge on any atom is -0.233 e. The molecule has 4 heterocycles. The van der Waals surface area contributed by atoms with Crippen LogP contribution < -0.4 is 0 Å². The molecule has 0 spiro atoms. The zero-order valence-electron chi connectivity index (χ0n) is 22.2. The van der Waals surface area contributed by atoms with Crippen molar-refractivity contribution < 1.29 is 0 Å². The van der Waals surface area contributed by atoms with Gasteiger partial charge in [-0.2, -0.15) is 10.2 Å². The highest BCUT2D eigenvalue weighted by Crippen LogP contribution is 2.34. The molecule has 2 saturated carbocycles. The summed E-state index contributed by atoms with van der Waals surface area (Å²) in [6.07, 6.45) is 17.1. The molecule has 6 rings (SSSR count). The van der Waals surface area contributed by atoms with E-state index in [4.69, 9.17) is 20.2 Å². The average Bonchev–Trinajstić information content (AvgIpc) is 3.65. The van der Waals surface area contributed by atoms with Gasteiger partial charge < -0.3 is 0 Å². The third-order valence-corrected chi connectivity index (χ3v) is 8.49. The predicted octanol–water partition coefficient (Wildman–Crippen LogP) is 7.27. The molecule has 0 amide bonds. The summed E-state index contributed by atoms with van der Waals surface area (Å²) in [6.45, 7) is 4.39. The molecule has 192 valence electrons. The third-order valence-electron chi connectivity index (χ3n) is 8.49. The van der Waals surface area contributed by atoms with Crippen molar-refractivity contribution in [2.45, 2.75) is 95.3 Å². The van der Waals surface area contributed by atoms with Crippen LogP contribution in [0.4, 0.5) is 0 Å². The van der Waals surface area contributed by atoms with Gasteiger partial charge in [-0.1, -0.05) is 50.7 Å². The molecule has 0 N–H and O–H groups in total. The fraction of sp³-hybridized carbons (Fsp3) is 0.484. The highest BCUT2D eigenvalue weighted by molar-refractivity contribution is 5.36. The zero-order chi connectivity index (χ0) is 25.2. The predicted molar refractivity (Wildman–Crippen MR) is 146 cm³/mol. The van der Waals surface area contributed by atoms with Crippen molar-refractivity contribution in [2.24, 2.45) is 0 Å². The zero-order valence-corrected chi connectivity index (χ0v) is 22.2. The first-order valence-electron chi connectivity index (χ1n) is 14.1. The molecule has 0 aromatic carbocycles. The van der Waals surface area contributed by atoms with E-state index in [1.54, 1.807) is 0 Å². The smallest absolute Gasteiger partial charge is 0.153 e. The van der Waals surface area contributed by atoms with E-state index in [-0.39, 0.29) is 5.41 Å². The maximum absolute atomic E-state index is 5.06. The molecule has 0 saturated heterocycles. The van der Waals surface area contributed by atoms with E-state index in [2.05, 4.69) is 62.6 Å². The molecule has 0 atom stereocenters. The third kappa shape index (κ3) is 4.98. The number of hydrogen-bond acceptors (Lipinski definition) is 4. The summed E-state index contributed by atoms with van der Waals surface area (Å²) in [4.78, 5) is 10.1. The number of hydrogen-bond donors (Lipinski definition) is 0. The van der Waals surface area contributed by atoms with Crippen LogP contribution in [0, 0.1) is 0 Å². The molecule has 0 radical (unpaired) electrons. The highest BCUT2D eigenvalue weighted by Gasteiger charge is 2.28. The maximum atomic E-state index is 5.06. The summed E-state index contributed by atoms with van der Waals surface area (Å²) in [6, 6.07) is 16.8. The Balaban J connectivity index is 1.25. The fourth-order valence-electron chi connectivity index (χ4n) is 6.09. The Morgan fingerprint density at radius 2 is 1.03 bits per heavy atom. The van der Waals surface area contributed by atoms with Gasteiger partial charge >= 0.3 is 0 Å². The van der Waals surface area contributed by atoms with E-state index in [1.165, 1.54) is 75.6 Å². The molecule has 0 unspecified atom stereocenters. The number of nitrogens with zero attached hydrogens (tertiary/aromatic N) is 6. The van der Waals surface area contributed by atoms with Gasteiger partial charge in [0.25, 0.3) is 0 Å². The van der Waals surface area contributed by atoms with Crippen LogP contribution in [-0.2, 0) is 5.41 Å². The Kier molecular flexibility index (Phi) is 6.66. The van der Waals surface area contributed by atoms with Crippen molar-refractivity contribution in [3.63, 3.8) is 0 Å². The van der Waals surface area contributed by atoms with Gasteiger partial charge in [0.15, 0.2) is 11.6 Å². The van der Waals surface area contributed by atoms with E-state index in [0.717, 1.165) is 23.0 Å². The lowest BCUT2D eigenvalue weighted by molar-refractivity contribution is 0.434. The van der Waals surface area contributed by atoms with Crippen LogP contribution in [-0.4, -0.2) is 29.5 Å². The van der Waals surface area contributed by atoms with Crippen LogP contribution >= 0.6 is 0 Å². The first-order valence-corrected chi connectivity index (χ1v) is 14.1. The van der Waals surface area contributed by atoms with Gasteiger partial charge in [-0.25, -0.2) is 19.3 Å². The first-order chi connectivity index (χ1) is 18.1. The summed E-state index contributed by atoms with van der Waals surface area (Å²) >= 11 is 0. The van der Waals surface area contributed by atoms with Gasteiger partial charge in [0.2, 0.25) is 0 Å². The van der Waals surface area contributed by atoms with Crippen molar-refractivity contribution in [3.05, 3.63) is 83.7 Å². The number of pyridine rings is 2. The van der Waals surface area contributed by atoms with Crippen LogP contribution in [0.2, 0.25) is 0 Å². The van der Waals surface area contributed by atoms with Gasteiger partial charge in [0.05, 0.1) is 22.8 Å². The summed E-state index contributed by atoms with van der Waals surface area (Å²) in [5.74, 6) is 2.88. The molecule has 2 fully saturated rings. The Morgan fingerprint density at radius 1 is 0.595 bits per heavy atom. The summed E-state index contributed by atoms with van der Waals surface area (Å²) < 4.78 is 3.87. The van der Waals surface area contributed by atoms with Crippen LogP contribution in [0.3, 0.4) is 0 Å². The van der Waals surface area contributed by atoms with Gasteiger partial charge in [0, 0.05) is 29.6 Å². The topological polar surface area (TPSA) is 61.4 Å². The van der Waals surface area contributed by atoms with E-state index in [1.807, 2.05) is 21.5 Å². The van der Waals surface area contributed by atoms with E-state index in [0.29, 0.717) is 11.8 Å². The van der Waals surface area contributed by atoms with Crippen LogP contribution in [0.25, 0.3) is 11.6 Å². The molecule has 0 bridgehead atoms. The Hall–Kier alpha value is -3.28. The quantitative estimate of drug-likeness (QED) is 0.283. The minimum absolute atomic E-state index is 0.370. The molecular formula is C31H38N6. The fourth-order valence-corrected chi connectivity index (χ4v) is 6.09. The van der Waals surface area contributed by atoms with E-state index in [9.17, 15) is 0 Å². The second-order valence-corrected chi connectivity index (χ2v) is 11.4. The lowest BCUT2D eigenvalue weighted by Gasteiger charge is -2.24. The van der Waals surface area contributed by atoms with Crippen molar-refractivity contribution in [1.82, 2.24) is 29.5 Å². The standard InChI is InChI=1S/C31H38N6/c1-31(2,27-15-9-17-29(32-27)36-21-19-25(34-36)23-11-5-3-6-12-23)28-16-10-18-30(33-28)37-22-20-26(35-37)24-13-7-4-8-14-24/h9-10,15-24H,3-8,11-14H2,1-2H3. The highest BCUT2D eigenvalue weighted by atomic mass is 15.3. The van der Waals surface area contributed by atoms with Crippen LogP contribution in [0.1, 0.15) is 113 Å². The van der Waals surface area contributed by atoms with Gasteiger partial charge in [-0.15, -0.1) is 0 Å². The average molecular weight is 495 g/mol. The molecular weight excluding hydrogens is 456 g/mol. The molecule has 2 aliphatic carbocycles. The van der Waals surface area contributed by atoms with E-state index < -0.39 is 0 Å². The normalized spacial score (nSPS) is 17.8. The van der Waals surface area contributed by atoms with Crippen LogP contribution in [0.15, 0.2) is 60.9 Å². The monoisotopic (exact) mass is 494 g/mol. The van der Waals surface area contributed by atoms with E-state index >= 15 is 0 Å². The van der Waals surface area contributed by atoms with Crippen molar-refractivity contribution in [2.75, 3.05) is 0 Å². The lowest BCUT2D eigenvalue weighted by atomic mass is 9.84. The van der Waals surface area contributed by atoms with Gasteiger partial charge in [-0.05, 0) is 75.9 Å². The summed E-state index contributed by atoms with van der Waals surface area (Å²) in [7, 11) is 0. The molecule has 37 heavy (non-hydrogen) atoms. The SMILES string of the molecule is CC(C)(c1cccc(-n2ccc(C3CCCCC3)n2)n1)c1cccc(-n2ccc(C3CCCCC3)n2)n1. The van der Waals surface area contributed by atoms with Gasteiger partial charge in [-0.3, -0.25) is 0 Å².